The fraction of sp³-hybridized carbons (Fsp3) is 0.625. The van der Waals surface area contributed by atoms with Gasteiger partial charge in [0.25, 0.3) is 5.76 Å². The summed E-state index contributed by atoms with van der Waals surface area (Å²) in [6, 6.07) is 7.58. The molecule has 0 radical (unpaired) electrons. The quantitative estimate of drug-likeness (QED) is 0.715. The lowest BCUT2D eigenvalue weighted by Crippen LogP contribution is -2.59. The van der Waals surface area contributed by atoms with Gasteiger partial charge >= 0.3 is 0 Å². The normalized spacial score (nSPS) is 28.5. The van der Waals surface area contributed by atoms with E-state index in [2.05, 4.69) is 19.2 Å². The van der Waals surface area contributed by atoms with E-state index in [1.807, 2.05) is 19.1 Å². The van der Waals surface area contributed by atoms with Crippen LogP contribution in [0.15, 0.2) is 29.2 Å². The van der Waals surface area contributed by atoms with Crippen molar-refractivity contribution < 1.29 is 13.5 Å². The van der Waals surface area contributed by atoms with E-state index in [4.69, 9.17) is 4.74 Å². The van der Waals surface area contributed by atoms with Gasteiger partial charge in [-0.05, 0) is 44.0 Å². The van der Waals surface area contributed by atoms with Crippen LogP contribution >= 0.6 is 11.8 Å². The number of anilines is 1. The standard InChI is InChI=1S/C16H23F2NOS/c1-4-16(3)13(10-14(16)20-5-2)19-11-6-8-12(9-7-11)21-15(17)18/h6-9,13-15,19H,4-5,10H2,1-3H3. The van der Waals surface area contributed by atoms with Gasteiger partial charge in [0.1, 0.15) is 0 Å². The van der Waals surface area contributed by atoms with E-state index in [0.717, 1.165) is 25.1 Å². The van der Waals surface area contributed by atoms with Crippen LogP contribution in [-0.2, 0) is 4.74 Å². The lowest BCUT2D eigenvalue weighted by atomic mass is 9.61. The maximum absolute atomic E-state index is 12.3. The van der Waals surface area contributed by atoms with Crippen LogP contribution in [0, 0.1) is 5.41 Å². The lowest BCUT2D eigenvalue weighted by Gasteiger charge is -2.54. The predicted molar refractivity (Wildman–Crippen MR) is 84.1 cm³/mol. The third-order valence-electron chi connectivity index (χ3n) is 4.53. The molecule has 5 heteroatoms. The summed E-state index contributed by atoms with van der Waals surface area (Å²) in [5.41, 5.74) is 1.11. The molecule has 3 unspecified atom stereocenters. The summed E-state index contributed by atoms with van der Waals surface area (Å²) < 4.78 is 30.4. The molecule has 3 atom stereocenters. The Labute approximate surface area is 129 Å². The van der Waals surface area contributed by atoms with Gasteiger partial charge in [0.05, 0.1) is 6.10 Å². The average molecular weight is 315 g/mol. The Bertz CT molecular complexity index is 454. The highest BCUT2D eigenvalue weighted by Gasteiger charge is 2.51. The number of ether oxygens (including phenoxy) is 1. The predicted octanol–water partition coefficient (Wildman–Crippen LogP) is 5.01. The molecule has 1 aliphatic rings. The van der Waals surface area contributed by atoms with Crippen LogP contribution in [-0.4, -0.2) is 24.5 Å². The van der Waals surface area contributed by atoms with E-state index in [1.165, 1.54) is 0 Å². The summed E-state index contributed by atoms with van der Waals surface area (Å²) in [7, 11) is 0. The number of benzene rings is 1. The zero-order chi connectivity index (χ0) is 15.5. The molecule has 1 aliphatic carbocycles. The molecule has 1 fully saturated rings. The molecule has 0 bridgehead atoms. The Hall–Kier alpha value is -0.810. The van der Waals surface area contributed by atoms with Crippen molar-refractivity contribution in [3.8, 4) is 0 Å². The molecule has 0 saturated heterocycles. The van der Waals surface area contributed by atoms with Crippen LogP contribution in [0.2, 0.25) is 0 Å². The molecular weight excluding hydrogens is 292 g/mol. The minimum atomic E-state index is -2.37. The first-order chi connectivity index (χ1) is 9.99. The third kappa shape index (κ3) is 3.69. The number of hydrogen-bond acceptors (Lipinski definition) is 3. The summed E-state index contributed by atoms with van der Waals surface area (Å²) in [6.45, 7) is 7.19. The molecule has 0 aliphatic heterocycles. The third-order valence-corrected chi connectivity index (χ3v) is 5.25. The fourth-order valence-corrected chi connectivity index (χ4v) is 3.41. The number of halogens is 2. The number of thioether (sulfide) groups is 1. The Balaban J connectivity index is 1.96. The molecule has 2 rings (SSSR count). The van der Waals surface area contributed by atoms with Crippen molar-refractivity contribution in [1.29, 1.82) is 0 Å². The van der Waals surface area contributed by atoms with Crippen LogP contribution in [0.5, 0.6) is 0 Å². The fourth-order valence-electron chi connectivity index (χ4n) is 2.91. The van der Waals surface area contributed by atoms with Crippen molar-refractivity contribution in [1.82, 2.24) is 0 Å². The van der Waals surface area contributed by atoms with E-state index < -0.39 is 5.76 Å². The Morgan fingerprint density at radius 2 is 2.00 bits per heavy atom. The minimum Gasteiger partial charge on any atom is -0.382 e. The minimum absolute atomic E-state index is 0.131. The highest BCUT2D eigenvalue weighted by Crippen LogP contribution is 2.47. The van der Waals surface area contributed by atoms with Crippen molar-refractivity contribution in [2.45, 2.75) is 56.4 Å². The van der Waals surface area contributed by atoms with Gasteiger partial charge in [0.15, 0.2) is 0 Å². The smallest absolute Gasteiger partial charge is 0.288 e. The summed E-state index contributed by atoms with van der Waals surface area (Å²) in [6.07, 6.45) is 2.35. The van der Waals surface area contributed by atoms with E-state index in [-0.39, 0.29) is 5.41 Å². The number of hydrogen-bond donors (Lipinski definition) is 1. The highest BCUT2D eigenvalue weighted by atomic mass is 32.2. The molecule has 118 valence electrons. The van der Waals surface area contributed by atoms with Crippen molar-refractivity contribution in [2.24, 2.45) is 5.41 Å². The van der Waals surface area contributed by atoms with E-state index in [1.54, 1.807) is 12.1 Å². The van der Waals surface area contributed by atoms with Crippen molar-refractivity contribution in [2.75, 3.05) is 11.9 Å². The van der Waals surface area contributed by atoms with E-state index >= 15 is 0 Å². The van der Waals surface area contributed by atoms with Crippen LogP contribution in [0.4, 0.5) is 14.5 Å². The number of rotatable bonds is 7. The molecule has 0 aromatic heterocycles. The Morgan fingerprint density at radius 1 is 1.33 bits per heavy atom. The molecule has 0 heterocycles. The molecule has 1 aromatic carbocycles. The summed E-state index contributed by atoms with van der Waals surface area (Å²) >= 11 is 0.576. The second-order valence-electron chi connectivity index (χ2n) is 5.64. The molecule has 2 nitrogen and oxygen atoms in total. The average Bonchev–Trinajstić information content (AvgIpc) is 2.46. The molecule has 0 spiro atoms. The zero-order valence-electron chi connectivity index (χ0n) is 12.7. The second-order valence-corrected chi connectivity index (χ2v) is 6.70. The van der Waals surface area contributed by atoms with Gasteiger partial charge in [-0.15, -0.1) is 0 Å². The first-order valence-corrected chi connectivity index (χ1v) is 8.30. The van der Waals surface area contributed by atoms with Gasteiger partial charge < -0.3 is 10.1 Å². The summed E-state index contributed by atoms with van der Waals surface area (Å²) in [5.74, 6) is -2.37. The molecule has 1 N–H and O–H groups in total. The maximum Gasteiger partial charge on any atom is 0.288 e. The number of nitrogens with one attached hydrogen (secondary N) is 1. The van der Waals surface area contributed by atoms with Crippen LogP contribution in [0.25, 0.3) is 0 Å². The van der Waals surface area contributed by atoms with Gasteiger partial charge in [-0.25, -0.2) is 0 Å². The SMILES string of the molecule is CCOC1CC(Nc2ccc(SC(F)F)cc2)C1(C)CC. The van der Waals surface area contributed by atoms with Crippen molar-refractivity contribution in [3.05, 3.63) is 24.3 Å². The molecule has 1 saturated carbocycles. The highest BCUT2D eigenvalue weighted by molar-refractivity contribution is 7.99. The van der Waals surface area contributed by atoms with E-state index in [9.17, 15) is 8.78 Å². The first-order valence-electron chi connectivity index (χ1n) is 7.42. The molecule has 21 heavy (non-hydrogen) atoms. The summed E-state index contributed by atoms with van der Waals surface area (Å²) in [4.78, 5) is 0.592. The Kier molecular flexibility index (Phi) is 5.49. The number of alkyl halides is 2. The van der Waals surface area contributed by atoms with E-state index in [0.29, 0.717) is 28.8 Å². The van der Waals surface area contributed by atoms with Gasteiger partial charge in [-0.2, -0.15) is 8.78 Å². The molecule has 0 amide bonds. The van der Waals surface area contributed by atoms with Gasteiger partial charge in [0, 0.05) is 28.6 Å². The maximum atomic E-state index is 12.3. The molecular formula is C16H23F2NOS. The van der Waals surface area contributed by atoms with Crippen molar-refractivity contribution in [3.63, 3.8) is 0 Å². The van der Waals surface area contributed by atoms with Crippen LogP contribution < -0.4 is 5.32 Å². The second kappa shape index (κ2) is 6.97. The zero-order valence-corrected chi connectivity index (χ0v) is 13.6. The van der Waals surface area contributed by atoms with Gasteiger partial charge in [-0.3, -0.25) is 0 Å². The monoisotopic (exact) mass is 315 g/mol. The topological polar surface area (TPSA) is 21.3 Å². The Morgan fingerprint density at radius 3 is 2.52 bits per heavy atom. The lowest BCUT2D eigenvalue weighted by molar-refractivity contribution is -0.109. The van der Waals surface area contributed by atoms with Gasteiger partial charge in [0.2, 0.25) is 0 Å². The van der Waals surface area contributed by atoms with Crippen LogP contribution in [0.1, 0.15) is 33.6 Å². The van der Waals surface area contributed by atoms with Gasteiger partial charge in [-0.1, -0.05) is 25.6 Å². The van der Waals surface area contributed by atoms with Crippen molar-refractivity contribution >= 4 is 17.4 Å². The first kappa shape index (κ1) is 16.6. The van der Waals surface area contributed by atoms with Crippen LogP contribution in [0.3, 0.4) is 0 Å². The largest absolute Gasteiger partial charge is 0.382 e. The summed E-state index contributed by atoms with van der Waals surface area (Å²) in [5, 5.41) is 3.51. The molecule has 1 aromatic rings.